The van der Waals surface area contributed by atoms with E-state index in [0.29, 0.717) is 32.7 Å². The minimum Gasteiger partial charge on any atom is -0.357 e. The first kappa shape index (κ1) is 24.8. The molecule has 0 unspecified atom stereocenters. The molecule has 1 aromatic heterocycles. The topological polar surface area (TPSA) is 80.8 Å². The van der Waals surface area contributed by atoms with E-state index < -0.39 is 17.6 Å². The molecule has 2 aliphatic rings. The van der Waals surface area contributed by atoms with Crippen LogP contribution in [0.2, 0.25) is 0 Å². The van der Waals surface area contributed by atoms with Gasteiger partial charge in [0.25, 0.3) is 0 Å². The van der Waals surface area contributed by atoms with Crippen molar-refractivity contribution in [1.29, 1.82) is 0 Å². The lowest BCUT2D eigenvalue weighted by Crippen LogP contribution is -2.52. The van der Waals surface area contributed by atoms with Crippen molar-refractivity contribution in [1.82, 2.24) is 20.1 Å². The third-order valence-corrected chi connectivity index (χ3v) is 6.22. The number of amides is 3. The minimum atomic E-state index is -4.55. The number of alkyl halides is 3. The standard InChI is InChI=1S/C24H29F3N6O2/c25-24(26,27)19-5-1-2-6-20(19)30-22(34)17-31-11-13-33(14-12-31)23(35)29-16-18-7-8-28-21(15-18)32-9-3-4-10-32/h1-2,5-8,15H,3-4,9-14,16-17H2,(H,29,35)(H,30,34). The van der Waals surface area contributed by atoms with Crippen LogP contribution in [-0.2, 0) is 17.5 Å². The zero-order valence-corrected chi connectivity index (χ0v) is 19.4. The first-order chi connectivity index (χ1) is 16.8. The summed E-state index contributed by atoms with van der Waals surface area (Å²) in [7, 11) is 0. The molecule has 4 rings (SSSR count). The molecule has 1 aromatic carbocycles. The lowest BCUT2D eigenvalue weighted by Gasteiger charge is -2.34. The first-order valence-electron chi connectivity index (χ1n) is 11.7. The Morgan fingerprint density at radius 2 is 1.69 bits per heavy atom. The number of para-hydroxylation sites is 1. The summed E-state index contributed by atoms with van der Waals surface area (Å²) in [4.78, 5) is 35.1. The van der Waals surface area contributed by atoms with Crippen LogP contribution in [0.4, 0.5) is 29.5 Å². The summed E-state index contributed by atoms with van der Waals surface area (Å²) >= 11 is 0. The molecular weight excluding hydrogens is 461 g/mol. The summed E-state index contributed by atoms with van der Waals surface area (Å²) in [5.74, 6) is 0.407. The summed E-state index contributed by atoms with van der Waals surface area (Å²) in [5, 5.41) is 5.29. The first-order valence-corrected chi connectivity index (χ1v) is 11.7. The second kappa shape index (κ2) is 10.9. The number of rotatable bonds is 6. The number of piperazine rings is 1. The number of carbonyl (C=O) groups excluding carboxylic acids is 2. The third kappa shape index (κ3) is 6.62. The molecule has 0 spiro atoms. The van der Waals surface area contributed by atoms with Crippen molar-refractivity contribution in [3.63, 3.8) is 0 Å². The summed E-state index contributed by atoms with van der Waals surface area (Å²) in [5.41, 5.74) is -0.159. The van der Waals surface area contributed by atoms with Crippen LogP contribution in [0.3, 0.4) is 0 Å². The number of hydrogen-bond donors (Lipinski definition) is 2. The number of carbonyl (C=O) groups is 2. The lowest BCUT2D eigenvalue weighted by molar-refractivity contribution is -0.137. The van der Waals surface area contributed by atoms with Crippen LogP contribution in [0.25, 0.3) is 0 Å². The third-order valence-electron chi connectivity index (χ3n) is 6.22. The Hall–Kier alpha value is -3.34. The summed E-state index contributed by atoms with van der Waals surface area (Å²) in [6.45, 7) is 4.11. The van der Waals surface area contributed by atoms with Crippen LogP contribution in [-0.4, -0.2) is 72.5 Å². The number of anilines is 2. The summed E-state index contributed by atoms with van der Waals surface area (Å²) in [6, 6.07) is 8.59. The van der Waals surface area contributed by atoms with Crippen molar-refractivity contribution in [3.05, 3.63) is 53.7 Å². The van der Waals surface area contributed by atoms with E-state index in [1.807, 2.05) is 17.0 Å². The van der Waals surface area contributed by atoms with Crippen molar-refractivity contribution in [3.8, 4) is 0 Å². The minimum absolute atomic E-state index is 0.0437. The number of aromatic nitrogens is 1. The molecule has 3 amide bonds. The Morgan fingerprint density at radius 1 is 0.971 bits per heavy atom. The van der Waals surface area contributed by atoms with Crippen molar-refractivity contribution in [2.24, 2.45) is 0 Å². The van der Waals surface area contributed by atoms with Gasteiger partial charge in [-0.05, 0) is 42.7 Å². The van der Waals surface area contributed by atoms with Gasteiger partial charge in [-0.2, -0.15) is 13.2 Å². The highest BCUT2D eigenvalue weighted by Gasteiger charge is 2.33. The quantitative estimate of drug-likeness (QED) is 0.650. The molecule has 0 bridgehead atoms. The SMILES string of the molecule is O=C(CN1CCN(C(=O)NCc2ccnc(N3CCCC3)c2)CC1)Nc1ccccc1C(F)(F)F. The molecule has 2 fully saturated rings. The van der Waals surface area contributed by atoms with E-state index >= 15 is 0 Å². The van der Waals surface area contributed by atoms with Gasteiger partial charge in [-0.3, -0.25) is 9.69 Å². The maximum atomic E-state index is 13.1. The smallest absolute Gasteiger partial charge is 0.357 e. The van der Waals surface area contributed by atoms with Gasteiger partial charge < -0.3 is 20.4 Å². The molecule has 2 saturated heterocycles. The zero-order chi connectivity index (χ0) is 24.8. The van der Waals surface area contributed by atoms with Gasteiger partial charge in [-0.15, -0.1) is 0 Å². The highest BCUT2D eigenvalue weighted by Crippen LogP contribution is 2.34. The van der Waals surface area contributed by atoms with Crippen LogP contribution < -0.4 is 15.5 Å². The molecule has 2 N–H and O–H groups in total. The number of halogens is 3. The fraction of sp³-hybridized carbons (Fsp3) is 0.458. The van der Waals surface area contributed by atoms with E-state index in [-0.39, 0.29) is 18.3 Å². The van der Waals surface area contributed by atoms with Crippen molar-refractivity contribution in [2.75, 3.05) is 56.0 Å². The van der Waals surface area contributed by atoms with Crippen LogP contribution in [0.1, 0.15) is 24.0 Å². The second-order valence-electron chi connectivity index (χ2n) is 8.73. The number of nitrogens with one attached hydrogen (secondary N) is 2. The van der Waals surface area contributed by atoms with Crippen LogP contribution in [0.5, 0.6) is 0 Å². The highest BCUT2D eigenvalue weighted by atomic mass is 19.4. The number of urea groups is 1. The average molecular weight is 491 g/mol. The number of nitrogens with zero attached hydrogens (tertiary/aromatic N) is 4. The molecule has 2 aliphatic heterocycles. The summed E-state index contributed by atoms with van der Waals surface area (Å²) in [6.07, 6.45) is -0.463. The van der Waals surface area contributed by atoms with Gasteiger partial charge in [0.1, 0.15) is 5.82 Å². The lowest BCUT2D eigenvalue weighted by atomic mass is 10.1. The molecule has 188 valence electrons. The van der Waals surface area contributed by atoms with Crippen molar-refractivity contribution in [2.45, 2.75) is 25.6 Å². The fourth-order valence-corrected chi connectivity index (χ4v) is 4.32. The van der Waals surface area contributed by atoms with Gasteiger partial charge >= 0.3 is 12.2 Å². The van der Waals surface area contributed by atoms with E-state index in [9.17, 15) is 22.8 Å². The molecular formula is C24H29F3N6O2. The van der Waals surface area contributed by atoms with Gasteiger partial charge in [0, 0.05) is 52.0 Å². The zero-order valence-electron chi connectivity index (χ0n) is 19.4. The van der Waals surface area contributed by atoms with Gasteiger partial charge in [-0.25, -0.2) is 9.78 Å². The van der Waals surface area contributed by atoms with E-state index in [4.69, 9.17) is 0 Å². The molecule has 35 heavy (non-hydrogen) atoms. The number of pyridine rings is 1. The van der Waals surface area contributed by atoms with Gasteiger partial charge in [0.05, 0.1) is 17.8 Å². The van der Waals surface area contributed by atoms with Crippen molar-refractivity contribution < 1.29 is 22.8 Å². The van der Waals surface area contributed by atoms with E-state index in [2.05, 4.69) is 20.5 Å². The molecule has 2 aromatic rings. The van der Waals surface area contributed by atoms with Gasteiger partial charge in [0.2, 0.25) is 5.91 Å². The summed E-state index contributed by atoms with van der Waals surface area (Å²) < 4.78 is 39.4. The normalized spacial score (nSPS) is 16.9. The van der Waals surface area contributed by atoms with Crippen molar-refractivity contribution >= 4 is 23.4 Å². The predicted octanol–water partition coefficient (Wildman–Crippen LogP) is 3.17. The monoisotopic (exact) mass is 490 g/mol. The highest BCUT2D eigenvalue weighted by molar-refractivity contribution is 5.93. The van der Waals surface area contributed by atoms with Gasteiger partial charge in [-0.1, -0.05) is 12.1 Å². The molecule has 3 heterocycles. The van der Waals surface area contributed by atoms with Crippen LogP contribution >= 0.6 is 0 Å². The Bertz CT molecular complexity index is 1030. The average Bonchev–Trinajstić information content (AvgIpc) is 3.38. The van der Waals surface area contributed by atoms with E-state index in [0.717, 1.165) is 43.4 Å². The maximum absolute atomic E-state index is 13.1. The number of benzene rings is 1. The van der Waals surface area contributed by atoms with Gasteiger partial charge in [0.15, 0.2) is 0 Å². The molecule has 11 heteroatoms. The molecule has 0 atom stereocenters. The second-order valence-corrected chi connectivity index (χ2v) is 8.73. The van der Waals surface area contributed by atoms with E-state index in [1.54, 1.807) is 11.1 Å². The number of hydrogen-bond acceptors (Lipinski definition) is 5. The fourth-order valence-electron chi connectivity index (χ4n) is 4.32. The predicted molar refractivity (Wildman–Crippen MR) is 126 cm³/mol. The Balaban J connectivity index is 1.21. The Morgan fingerprint density at radius 3 is 2.40 bits per heavy atom. The Kier molecular flexibility index (Phi) is 7.74. The van der Waals surface area contributed by atoms with E-state index in [1.165, 1.54) is 18.2 Å². The Labute approximate surface area is 202 Å². The van der Waals surface area contributed by atoms with Crippen LogP contribution in [0, 0.1) is 0 Å². The molecule has 0 radical (unpaired) electrons. The van der Waals surface area contributed by atoms with Crippen LogP contribution in [0.15, 0.2) is 42.6 Å². The largest absolute Gasteiger partial charge is 0.418 e. The molecule has 8 nitrogen and oxygen atoms in total. The maximum Gasteiger partial charge on any atom is 0.418 e. The molecule has 0 aliphatic carbocycles. The molecule has 0 saturated carbocycles.